The fraction of sp³-hybridized carbons (Fsp3) is 0.200. The Morgan fingerprint density at radius 1 is 0.851 bits per heavy atom. The molecule has 0 saturated carbocycles. The normalized spacial score (nSPS) is 11.3. The predicted molar refractivity (Wildman–Crippen MR) is 185 cm³/mol. The van der Waals surface area contributed by atoms with Gasteiger partial charge in [0, 0.05) is 35.0 Å². The van der Waals surface area contributed by atoms with Crippen molar-refractivity contribution in [3.05, 3.63) is 126 Å². The quantitative estimate of drug-likeness (QED) is 0.137. The third-order valence-electron chi connectivity index (χ3n) is 8.15. The molecule has 6 nitrogen and oxygen atoms in total. The summed E-state index contributed by atoms with van der Waals surface area (Å²) in [6, 6.07) is 33.7. The minimum absolute atomic E-state index is 0. The summed E-state index contributed by atoms with van der Waals surface area (Å²) in [6.45, 7) is 11.3. The second-order valence-electron chi connectivity index (χ2n) is 12.1. The van der Waals surface area contributed by atoms with Crippen LogP contribution in [-0.4, -0.2) is 25.9 Å². The van der Waals surface area contributed by atoms with E-state index < -0.39 is 0 Å². The van der Waals surface area contributed by atoms with Crippen LogP contribution in [-0.2, 0) is 27.5 Å². The zero-order valence-corrected chi connectivity index (χ0v) is 29.4. The van der Waals surface area contributed by atoms with E-state index in [9.17, 15) is 0 Å². The minimum Gasteiger partial charge on any atom is -0.509 e. The zero-order valence-electron chi connectivity index (χ0n) is 27.2. The van der Waals surface area contributed by atoms with Gasteiger partial charge in [-0.05, 0) is 96.8 Å². The molecule has 0 atom stereocenters. The molecule has 7 heteroatoms. The van der Waals surface area contributed by atoms with Crippen LogP contribution >= 0.6 is 0 Å². The van der Waals surface area contributed by atoms with Gasteiger partial charge in [-0.15, -0.1) is 35.7 Å². The van der Waals surface area contributed by atoms with Crippen molar-refractivity contribution in [3.8, 4) is 39.9 Å². The third-order valence-corrected chi connectivity index (χ3v) is 8.15. The Morgan fingerprint density at radius 2 is 1.64 bits per heavy atom. The van der Waals surface area contributed by atoms with E-state index in [0.29, 0.717) is 24.0 Å². The van der Waals surface area contributed by atoms with Crippen LogP contribution in [0, 0.1) is 31.9 Å². The van der Waals surface area contributed by atoms with Gasteiger partial charge in [-0.2, -0.15) is 17.2 Å². The first-order chi connectivity index (χ1) is 22.4. The average Bonchev–Trinajstić information content (AvgIpc) is 3.64. The van der Waals surface area contributed by atoms with Crippen LogP contribution < -0.4 is 9.47 Å². The van der Waals surface area contributed by atoms with Crippen molar-refractivity contribution in [1.29, 1.82) is 0 Å². The van der Waals surface area contributed by atoms with Crippen LogP contribution in [0.1, 0.15) is 37.5 Å². The molecule has 0 aliphatic rings. The maximum atomic E-state index is 6.38. The van der Waals surface area contributed by atoms with Crippen LogP contribution in [0.2, 0.25) is 0 Å². The number of ether oxygens (including phenoxy) is 2. The minimum atomic E-state index is 0. The summed E-state index contributed by atoms with van der Waals surface area (Å²) in [5.74, 6) is 3.50. The van der Waals surface area contributed by atoms with E-state index in [0.717, 1.165) is 67.7 Å². The number of aryl methyl sites for hydroxylation is 2. The number of hydrogen-bond donors (Lipinski definition) is 0. The van der Waals surface area contributed by atoms with E-state index in [1.807, 2.05) is 54.5 Å². The second kappa shape index (κ2) is 13.6. The van der Waals surface area contributed by atoms with Crippen molar-refractivity contribution in [2.75, 3.05) is 6.61 Å². The smallest absolute Gasteiger partial charge is 0.509 e. The molecule has 0 fully saturated rings. The maximum Gasteiger partial charge on any atom is 2.00 e. The summed E-state index contributed by atoms with van der Waals surface area (Å²) >= 11 is 0. The number of hydrogen-bond acceptors (Lipinski definition) is 4. The third kappa shape index (κ3) is 6.48. The molecule has 7 aromatic rings. The van der Waals surface area contributed by atoms with Crippen LogP contribution in [0.4, 0.5) is 0 Å². The average molecular weight is 800 g/mol. The van der Waals surface area contributed by atoms with E-state index in [2.05, 4.69) is 104 Å². The van der Waals surface area contributed by atoms with Gasteiger partial charge in [0.15, 0.2) is 0 Å². The van der Waals surface area contributed by atoms with Crippen molar-refractivity contribution in [3.63, 3.8) is 0 Å². The van der Waals surface area contributed by atoms with Gasteiger partial charge in [-0.1, -0.05) is 37.6 Å². The van der Waals surface area contributed by atoms with Gasteiger partial charge < -0.3 is 14.0 Å². The Bertz CT molecular complexity index is 2170. The number of nitrogens with zero attached hydrogens (tertiary/aromatic N) is 4. The van der Waals surface area contributed by atoms with Gasteiger partial charge in [0.2, 0.25) is 0 Å². The first kappa shape index (κ1) is 32.3. The maximum absolute atomic E-state index is 6.38. The standard InChI is InChI=1S/C40H36N4O2.Pt/c1-6-45-34-19-27(4)40(28(5)20-34)30-24-42-43(25-30)31-10-9-11-32(22-31)46-33-14-15-36-35-12-7-8-13-37(35)44(38(36)23-33)39-21-29(16-17-41-39)18-26(2)3;/h7-17,19-21,24-26H,6,18H2,1-5H3;/q-2;+2. The summed E-state index contributed by atoms with van der Waals surface area (Å²) in [7, 11) is 0. The van der Waals surface area contributed by atoms with Gasteiger partial charge >= 0.3 is 21.1 Å². The molecule has 3 heterocycles. The summed E-state index contributed by atoms with van der Waals surface area (Å²) in [5.41, 5.74) is 8.54. The number of pyridine rings is 1. The molecule has 0 spiro atoms. The van der Waals surface area contributed by atoms with Crippen molar-refractivity contribution in [1.82, 2.24) is 19.3 Å². The van der Waals surface area contributed by atoms with Gasteiger partial charge in [0.1, 0.15) is 11.6 Å². The molecule has 0 N–H and O–H groups in total. The molecule has 0 aliphatic heterocycles. The number of para-hydroxylation sites is 1. The molecule has 3 aromatic heterocycles. The van der Waals surface area contributed by atoms with Crippen molar-refractivity contribution in [2.45, 2.75) is 41.0 Å². The van der Waals surface area contributed by atoms with Crippen molar-refractivity contribution < 1.29 is 30.5 Å². The Morgan fingerprint density at radius 3 is 2.43 bits per heavy atom. The monoisotopic (exact) mass is 799 g/mol. The van der Waals surface area contributed by atoms with Gasteiger partial charge in [0.05, 0.1) is 12.8 Å². The fourth-order valence-corrected chi connectivity index (χ4v) is 6.31. The zero-order chi connectivity index (χ0) is 31.8. The Labute approximate surface area is 290 Å². The molecule has 47 heavy (non-hydrogen) atoms. The SMILES string of the molecule is CCOc1cc(C)c(-c2cnn(-c3[c-]c(Oc4[c-]c5c(cc4)c4ccccc4n5-c4cc(CC(C)C)ccn4)ccc3)c2)c(C)c1.[Pt+2]. The molecule has 4 aromatic carbocycles. The van der Waals surface area contributed by atoms with E-state index >= 15 is 0 Å². The van der Waals surface area contributed by atoms with Gasteiger partial charge in [-0.3, -0.25) is 4.68 Å². The summed E-state index contributed by atoms with van der Waals surface area (Å²) in [5, 5.41) is 6.92. The van der Waals surface area contributed by atoms with Crippen LogP contribution in [0.5, 0.6) is 17.2 Å². The van der Waals surface area contributed by atoms with E-state index in [4.69, 9.17) is 14.5 Å². The molecule has 0 bridgehead atoms. The molecule has 0 unspecified atom stereocenters. The van der Waals surface area contributed by atoms with E-state index in [-0.39, 0.29) is 21.1 Å². The molecular formula is C40H36N4O2Pt. The van der Waals surface area contributed by atoms with Crippen LogP contribution in [0.3, 0.4) is 0 Å². The van der Waals surface area contributed by atoms with Gasteiger partial charge in [-0.25, -0.2) is 4.98 Å². The number of benzene rings is 4. The first-order valence-corrected chi connectivity index (χ1v) is 15.8. The van der Waals surface area contributed by atoms with Crippen molar-refractivity contribution >= 4 is 21.8 Å². The summed E-state index contributed by atoms with van der Waals surface area (Å²) in [6.07, 6.45) is 6.81. The molecule has 7 rings (SSSR count). The number of fused-ring (bicyclic) bond motifs is 3. The molecule has 238 valence electrons. The summed E-state index contributed by atoms with van der Waals surface area (Å²) < 4.78 is 16.1. The van der Waals surface area contributed by atoms with Crippen LogP contribution in [0.15, 0.2) is 97.5 Å². The largest absolute Gasteiger partial charge is 2.00 e. The molecular weight excluding hydrogens is 764 g/mol. The molecule has 0 saturated heterocycles. The topological polar surface area (TPSA) is 54.1 Å². The van der Waals surface area contributed by atoms with Crippen molar-refractivity contribution in [2.24, 2.45) is 5.92 Å². The predicted octanol–water partition coefficient (Wildman–Crippen LogP) is 9.64. The van der Waals surface area contributed by atoms with E-state index in [1.54, 1.807) is 0 Å². The second-order valence-corrected chi connectivity index (χ2v) is 12.1. The Balaban J connectivity index is 0.00000386. The molecule has 0 radical (unpaired) electrons. The molecule has 0 amide bonds. The van der Waals surface area contributed by atoms with E-state index in [1.165, 1.54) is 5.56 Å². The Kier molecular flexibility index (Phi) is 9.33. The number of rotatable bonds is 9. The Hall–Kier alpha value is -4.67. The number of aromatic nitrogens is 4. The van der Waals surface area contributed by atoms with Gasteiger partial charge in [0.25, 0.3) is 0 Å². The fourth-order valence-electron chi connectivity index (χ4n) is 6.31. The van der Waals surface area contributed by atoms with Crippen LogP contribution in [0.25, 0.3) is 44.4 Å². The summed E-state index contributed by atoms with van der Waals surface area (Å²) in [4.78, 5) is 4.78. The molecule has 0 aliphatic carbocycles. The first-order valence-electron chi connectivity index (χ1n) is 15.8.